The first-order chi connectivity index (χ1) is 14.2. The maximum atomic E-state index is 3.81. The van der Waals surface area contributed by atoms with Gasteiger partial charge in [-0.2, -0.15) is 0 Å². The van der Waals surface area contributed by atoms with E-state index in [-0.39, 0.29) is 5.41 Å². The maximum absolute atomic E-state index is 3.81. The van der Waals surface area contributed by atoms with Crippen LogP contribution in [0.25, 0.3) is 22.3 Å². The van der Waals surface area contributed by atoms with E-state index >= 15 is 0 Å². The van der Waals surface area contributed by atoms with Crippen molar-refractivity contribution in [3.8, 4) is 22.3 Å². The smallest absolute Gasteiger partial charge is 0.0272 e. The van der Waals surface area contributed by atoms with Gasteiger partial charge in [-0.3, -0.25) is 0 Å². The lowest BCUT2D eigenvalue weighted by molar-refractivity contribution is -0.0399. The lowest BCUT2D eigenvalue weighted by Gasteiger charge is -2.61. The van der Waals surface area contributed by atoms with Crippen LogP contribution in [-0.4, -0.2) is 0 Å². The zero-order valence-corrected chi connectivity index (χ0v) is 18.2. The highest BCUT2D eigenvalue weighted by molar-refractivity contribution is 9.10. The first kappa shape index (κ1) is 16.9. The lowest BCUT2D eigenvalue weighted by Crippen LogP contribution is -2.55. The van der Waals surface area contributed by atoms with Crippen molar-refractivity contribution in [2.75, 3.05) is 0 Å². The van der Waals surface area contributed by atoms with Crippen LogP contribution in [0.4, 0.5) is 0 Å². The van der Waals surface area contributed by atoms with Crippen molar-refractivity contribution in [1.29, 1.82) is 0 Å². The van der Waals surface area contributed by atoms with Crippen LogP contribution in [0.15, 0.2) is 71.2 Å². The lowest BCUT2D eigenvalue weighted by atomic mass is 9.43. The summed E-state index contributed by atoms with van der Waals surface area (Å²) in [5.74, 6) is 3.61. The molecule has 1 heteroatoms. The minimum atomic E-state index is 0.243. The molecular weight excluding hydrogens is 416 g/mol. The molecule has 5 aliphatic rings. The molecule has 0 saturated heterocycles. The topological polar surface area (TPSA) is 0 Å². The van der Waals surface area contributed by atoms with Crippen LogP contribution >= 0.6 is 15.9 Å². The van der Waals surface area contributed by atoms with Crippen molar-refractivity contribution < 1.29 is 0 Å². The third-order valence-electron chi connectivity index (χ3n) is 8.72. The Morgan fingerprint density at radius 1 is 0.621 bits per heavy atom. The molecule has 3 aromatic carbocycles. The van der Waals surface area contributed by atoms with Crippen LogP contribution < -0.4 is 0 Å². The van der Waals surface area contributed by atoms with Crippen LogP contribution in [0.3, 0.4) is 0 Å². The third kappa shape index (κ3) is 2.15. The molecule has 4 bridgehead atoms. The highest BCUT2D eigenvalue weighted by Gasteiger charge is 2.61. The van der Waals surface area contributed by atoms with E-state index in [9.17, 15) is 0 Å². The second-order valence-corrected chi connectivity index (χ2v) is 10.9. The first-order valence-electron chi connectivity index (χ1n) is 11.2. The van der Waals surface area contributed by atoms with Crippen molar-refractivity contribution >= 4 is 15.9 Å². The fourth-order valence-corrected chi connectivity index (χ4v) is 8.34. The van der Waals surface area contributed by atoms with Crippen LogP contribution in [0.2, 0.25) is 0 Å². The normalized spacial score (nSPS) is 33.1. The molecular formula is C28H25Br. The minimum Gasteiger partial charge on any atom is -0.0622 e. The molecule has 3 aromatic rings. The molecule has 0 amide bonds. The Balaban J connectivity index is 1.51. The van der Waals surface area contributed by atoms with Crippen LogP contribution in [-0.2, 0) is 5.41 Å². The van der Waals surface area contributed by atoms with Gasteiger partial charge in [-0.25, -0.2) is 0 Å². The van der Waals surface area contributed by atoms with Gasteiger partial charge in [0.15, 0.2) is 0 Å². The second kappa shape index (κ2) is 5.85. The third-order valence-corrected chi connectivity index (χ3v) is 9.21. The molecule has 5 aliphatic carbocycles. The predicted octanol–water partition coefficient (Wildman–Crippen LogP) is 7.84. The van der Waals surface area contributed by atoms with Gasteiger partial charge in [0.25, 0.3) is 0 Å². The van der Waals surface area contributed by atoms with Crippen molar-refractivity contribution in [1.82, 2.24) is 0 Å². The van der Waals surface area contributed by atoms with Crippen LogP contribution in [0.1, 0.15) is 43.2 Å². The van der Waals surface area contributed by atoms with Crippen molar-refractivity contribution in [3.05, 3.63) is 82.3 Å². The fourth-order valence-electron chi connectivity index (χ4n) is 7.98. The average Bonchev–Trinajstić information content (AvgIpc) is 3.02. The standard InChI is InChI=1S/C28H25Br/c29-23-7-9-25-24-8-6-20(19-4-2-1-3-5-19)15-26(24)28(27(25)16-23)21-11-17-10-18(13-21)14-22(28)12-17/h1-9,15-18,21-22H,10-14H2. The van der Waals surface area contributed by atoms with Gasteiger partial charge in [0.2, 0.25) is 0 Å². The van der Waals surface area contributed by atoms with E-state index in [2.05, 4.69) is 82.7 Å². The molecule has 0 N–H and O–H groups in total. The van der Waals surface area contributed by atoms with Gasteiger partial charge in [-0.05, 0) is 107 Å². The van der Waals surface area contributed by atoms with Crippen LogP contribution in [0, 0.1) is 23.7 Å². The molecule has 29 heavy (non-hydrogen) atoms. The summed E-state index contributed by atoms with van der Waals surface area (Å²) in [4.78, 5) is 0. The van der Waals surface area contributed by atoms with Crippen LogP contribution in [0.5, 0.6) is 0 Å². The molecule has 0 aliphatic heterocycles. The Morgan fingerprint density at radius 2 is 1.24 bits per heavy atom. The molecule has 4 saturated carbocycles. The molecule has 4 fully saturated rings. The molecule has 1 spiro atoms. The summed E-state index contributed by atoms with van der Waals surface area (Å²) in [5.41, 5.74) is 9.22. The average molecular weight is 441 g/mol. The Hall–Kier alpha value is -1.86. The largest absolute Gasteiger partial charge is 0.0622 e. The summed E-state index contributed by atoms with van der Waals surface area (Å²) in [5, 5.41) is 0. The monoisotopic (exact) mass is 440 g/mol. The quantitative estimate of drug-likeness (QED) is 0.361. The predicted molar refractivity (Wildman–Crippen MR) is 123 cm³/mol. The maximum Gasteiger partial charge on any atom is 0.0272 e. The zero-order chi connectivity index (χ0) is 19.2. The summed E-state index contributed by atoms with van der Waals surface area (Å²) >= 11 is 3.81. The van der Waals surface area contributed by atoms with Gasteiger partial charge in [-0.1, -0.05) is 64.5 Å². The molecule has 0 aromatic heterocycles. The Kier molecular flexibility index (Phi) is 3.41. The van der Waals surface area contributed by atoms with E-state index in [4.69, 9.17) is 0 Å². The summed E-state index contributed by atoms with van der Waals surface area (Å²) < 4.78 is 1.24. The molecule has 0 nitrogen and oxygen atoms in total. The highest BCUT2D eigenvalue weighted by atomic mass is 79.9. The first-order valence-corrected chi connectivity index (χ1v) is 12.0. The summed E-state index contributed by atoms with van der Waals surface area (Å²) in [6.07, 6.45) is 7.26. The van der Waals surface area contributed by atoms with E-state index < -0.39 is 0 Å². The number of benzene rings is 3. The molecule has 0 unspecified atom stereocenters. The zero-order valence-electron chi connectivity index (χ0n) is 16.6. The number of rotatable bonds is 1. The van der Waals surface area contributed by atoms with E-state index in [1.54, 1.807) is 11.1 Å². The summed E-state index contributed by atoms with van der Waals surface area (Å²) in [6, 6.07) is 25.4. The van der Waals surface area contributed by atoms with Gasteiger partial charge in [0.05, 0.1) is 0 Å². The van der Waals surface area contributed by atoms with E-state index in [1.807, 2.05) is 0 Å². The number of hydrogen-bond acceptors (Lipinski definition) is 0. The van der Waals surface area contributed by atoms with E-state index in [0.29, 0.717) is 0 Å². The molecule has 0 atom stereocenters. The fraction of sp³-hybridized carbons (Fsp3) is 0.357. The van der Waals surface area contributed by atoms with Crippen molar-refractivity contribution in [2.24, 2.45) is 23.7 Å². The minimum absolute atomic E-state index is 0.243. The van der Waals surface area contributed by atoms with E-state index in [0.717, 1.165) is 23.7 Å². The molecule has 144 valence electrons. The van der Waals surface area contributed by atoms with Crippen molar-refractivity contribution in [3.63, 3.8) is 0 Å². The summed E-state index contributed by atoms with van der Waals surface area (Å²) in [7, 11) is 0. The molecule has 0 radical (unpaired) electrons. The SMILES string of the molecule is Brc1ccc2c(c1)C1(c3cc(-c4ccccc4)ccc3-2)C2CC3CC(C2)CC1C3. The van der Waals surface area contributed by atoms with Gasteiger partial charge in [-0.15, -0.1) is 0 Å². The highest BCUT2D eigenvalue weighted by Crippen LogP contribution is 2.69. The van der Waals surface area contributed by atoms with E-state index in [1.165, 1.54) is 58.8 Å². The Labute approximate surface area is 181 Å². The Morgan fingerprint density at radius 3 is 1.93 bits per heavy atom. The van der Waals surface area contributed by atoms with Gasteiger partial charge >= 0.3 is 0 Å². The number of hydrogen-bond donors (Lipinski definition) is 0. The summed E-state index contributed by atoms with van der Waals surface area (Å²) in [6.45, 7) is 0. The Bertz CT molecular complexity index is 1100. The van der Waals surface area contributed by atoms with Gasteiger partial charge < -0.3 is 0 Å². The molecule has 8 rings (SSSR count). The van der Waals surface area contributed by atoms with Gasteiger partial charge in [0, 0.05) is 9.89 Å². The molecule has 0 heterocycles. The number of fused-ring (bicyclic) bond motifs is 3. The van der Waals surface area contributed by atoms with Gasteiger partial charge in [0.1, 0.15) is 0 Å². The second-order valence-electron chi connectivity index (χ2n) is 9.99. The van der Waals surface area contributed by atoms with Crippen molar-refractivity contribution in [2.45, 2.75) is 37.5 Å². The number of halogens is 1.